The number of nitrogens with zero attached hydrogens (tertiary/aromatic N) is 5. The van der Waals surface area contributed by atoms with E-state index in [4.69, 9.17) is 30.5 Å². The number of fused-ring (bicyclic) bond motifs is 2. The molecule has 1 fully saturated rings. The number of aromatic nitrogens is 3. The number of anilines is 1. The van der Waals surface area contributed by atoms with Crippen LogP contribution < -0.4 is 19.7 Å². The third-order valence-electron chi connectivity index (χ3n) is 7.29. The molecule has 4 heterocycles. The number of methoxy groups -OCH3 is 2. The van der Waals surface area contributed by atoms with Gasteiger partial charge in [0.1, 0.15) is 34.5 Å². The first-order valence-corrected chi connectivity index (χ1v) is 14.4. The van der Waals surface area contributed by atoms with Crippen LogP contribution in [0.2, 0.25) is 5.15 Å². The number of ether oxygens (including phenoxy) is 4. The maximum absolute atomic E-state index is 13.3. The van der Waals surface area contributed by atoms with Crippen LogP contribution in [0.15, 0.2) is 24.4 Å². The van der Waals surface area contributed by atoms with Crippen molar-refractivity contribution < 1.29 is 28.5 Å². The molecule has 5 rings (SSSR count). The molecule has 2 amide bonds. The molecule has 0 aliphatic carbocycles. The molecule has 1 saturated heterocycles. The molecule has 0 unspecified atom stereocenters. The van der Waals surface area contributed by atoms with Gasteiger partial charge in [-0.15, -0.1) is 0 Å². The highest BCUT2D eigenvalue weighted by molar-refractivity contribution is 6.30. The topological polar surface area (TPSA) is 120 Å². The second-order valence-electron chi connectivity index (χ2n) is 11.3. The summed E-state index contributed by atoms with van der Waals surface area (Å²) in [6.45, 7) is 9.12. The fourth-order valence-electron chi connectivity index (χ4n) is 5.18. The van der Waals surface area contributed by atoms with Gasteiger partial charge in [-0.2, -0.15) is 5.10 Å². The summed E-state index contributed by atoms with van der Waals surface area (Å²) < 4.78 is 24.3. The summed E-state index contributed by atoms with van der Waals surface area (Å²) in [7, 11) is 3.27. The normalized spacial score (nSPS) is 16.2. The van der Waals surface area contributed by atoms with Crippen LogP contribution in [-0.2, 0) is 9.47 Å². The molecule has 2 aromatic heterocycles. The maximum Gasteiger partial charge on any atom is 0.415 e. The lowest BCUT2D eigenvalue weighted by molar-refractivity contribution is 0.0413. The fraction of sp³-hybridized carbons (Fsp3) is 0.517. The monoisotopic (exact) mass is 600 g/mol. The lowest BCUT2D eigenvalue weighted by atomic mass is 10.1. The lowest BCUT2D eigenvalue weighted by Crippen LogP contribution is -2.41. The Morgan fingerprint density at radius 2 is 1.88 bits per heavy atom. The molecule has 3 aromatic rings. The molecule has 226 valence electrons. The van der Waals surface area contributed by atoms with Crippen molar-refractivity contribution in [1.29, 1.82) is 0 Å². The van der Waals surface area contributed by atoms with Gasteiger partial charge in [-0.3, -0.25) is 9.69 Å². The molecular weight excluding hydrogens is 564 g/mol. The summed E-state index contributed by atoms with van der Waals surface area (Å²) in [5.41, 5.74) is 1.15. The Morgan fingerprint density at radius 1 is 1.12 bits per heavy atom. The second kappa shape index (κ2) is 12.3. The molecule has 0 atom stereocenters. The SMILES string of the molecule is COc1cc2c(cc1-n1nc(C(=O)NCCN3CCC(OC)CC3)c3cnc(Cl)cc31)OCCN2C(=O)OC(C)(C)C. The number of halogens is 1. The number of rotatable bonds is 7. The van der Waals surface area contributed by atoms with Gasteiger partial charge in [-0.1, -0.05) is 11.6 Å². The van der Waals surface area contributed by atoms with Gasteiger partial charge in [0.2, 0.25) is 0 Å². The van der Waals surface area contributed by atoms with Crippen molar-refractivity contribution in [2.45, 2.75) is 45.3 Å². The summed E-state index contributed by atoms with van der Waals surface area (Å²) >= 11 is 6.27. The van der Waals surface area contributed by atoms with Crippen LogP contribution in [0.25, 0.3) is 16.6 Å². The summed E-state index contributed by atoms with van der Waals surface area (Å²) in [6, 6.07) is 5.08. The first kappa shape index (κ1) is 29.9. The predicted octanol–water partition coefficient (Wildman–Crippen LogP) is 4.06. The van der Waals surface area contributed by atoms with E-state index in [1.165, 1.54) is 18.2 Å². The van der Waals surface area contributed by atoms with Crippen molar-refractivity contribution in [1.82, 2.24) is 25.0 Å². The predicted molar refractivity (Wildman–Crippen MR) is 158 cm³/mol. The van der Waals surface area contributed by atoms with Crippen LogP contribution in [0.5, 0.6) is 11.5 Å². The van der Waals surface area contributed by atoms with Crippen LogP contribution in [0, 0.1) is 0 Å². The van der Waals surface area contributed by atoms with Crippen molar-refractivity contribution in [3.63, 3.8) is 0 Å². The molecule has 12 nitrogen and oxygen atoms in total. The molecule has 0 spiro atoms. The van der Waals surface area contributed by atoms with E-state index >= 15 is 0 Å². The molecule has 13 heteroatoms. The molecule has 2 aliphatic heterocycles. The molecule has 1 N–H and O–H groups in total. The fourth-order valence-corrected chi connectivity index (χ4v) is 5.34. The number of likely N-dealkylation sites (tertiary alicyclic amines) is 1. The molecular formula is C29H37ClN6O6. The molecule has 0 radical (unpaired) electrons. The third kappa shape index (κ3) is 6.40. The third-order valence-corrected chi connectivity index (χ3v) is 7.50. The number of hydrogen-bond donors (Lipinski definition) is 1. The average molecular weight is 601 g/mol. The van der Waals surface area contributed by atoms with Gasteiger partial charge in [0.05, 0.1) is 36.3 Å². The van der Waals surface area contributed by atoms with E-state index in [2.05, 4.69) is 20.3 Å². The van der Waals surface area contributed by atoms with E-state index in [-0.39, 0.29) is 23.4 Å². The number of benzene rings is 1. The Kier molecular flexibility index (Phi) is 8.76. The van der Waals surface area contributed by atoms with Gasteiger partial charge in [0.25, 0.3) is 5.91 Å². The summed E-state index contributed by atoms with van der Waals surface area (Å²) in [4.78, 5) is 34.3. The Balaban J connectivity index is 1.43. The van der Waals surface area contributed by atoms with Gasteiger partial charge in [-0.25, -0.2) is 14.5 Å². The van der Waals surface area contributed by atoms with Gasteiger partial charge < -0.3 is 29.2 Å². The van der Waals surface area contributed by atoms with E-state index in [9.17, 15) is 9.59 Å². The quantitative estimate of drug-likeness (QED) is 0.400. The lowest BCUT2D eigenvalue weighted by Gasteiger charge is -2.32. The zero-order chi connectivity index (χ0) is 30.0. The smallest absolute Gasteiger partial charge is 0.415 e. The first-order valence-electron chi connectivity index (χ1n) is 14.0. The zero-order valence-corrected chi connectivity index (χ0v) is 25.4. The Morgan fingerprint density at radius 3 is 2.57 bits per heavy atom. The Bertz CT molecular complexity index is 1460. The minimum Gasteiger partial charge on any atom is -0.494 e. The minimum atomic E-state index is -0.654. The van der Waals surface area contributed by atoms with Crippen LogP contribution in [0.4, 0.5) is 10.5 Å². The van der Waals surface area contributed by atoms with Crippen molar-refractivity contribution >= 4 is 40.2 Å². The number of carbonyl (C=O) groups is 2. The zero-order valence-electron chi connectivity index (χ0n) is 24.6. The van der Waals surface area contributed by atoms with Gasteiger partial charge in [0.15, 0.2) is 5.69 Å². The average Bonchev–Trinajstić information content (AvgIpc) is 3.34. The highest BCUT2D eigenvalue weighted by atomic mass is 35.5. The van der Waals surface area contributed by atoms with E-state index in [1.54, 1.807) is 30.0 Å². The largest absolute Gasteiger partial charge is 0.494 e. The van der Waals surface area contributed by atoms with Crippen molar-refractivity contribution in [2.24, 2.45) is 0 Å². The standard InChI is InChI=1S/C29H37ClN6O6/c1-29(2,3)42-28(38)35-12-13-41-24-15-22(23(40-5)14-21(24)35)36-20-16-25(30)32-17-19(20)26(33-36)27(37)31-8-11-34-9-6-18(39-4)7-10-34/h14-18H,6-13H2,1-5H3,(H,31,37). The first-order chi connectivity index (χ1) is 20.1. The number of nitrogens with one attached hydrogen (secondary N) is 1. The molecule has 0 bridgehead atoms. The van der Waals surface area contributed by atoms with Crippen LogP contribution >= 0.6 is 11.6 Å². The van der Waals surface area contributed by atoms with Crippen molar-refractivity contribution in [3.05, 3.63) is 35.2 Å². The van der Waals surface area contributed by atoms with Gasteiger partial charge in [0, 0.05) is 57.7 Å². The number of piperidine rings is 1. The van der Waals surface area contributed by atoms with Gasteiger partial charge in [-0.05, 0) is 33.6 Å². The summed E-state index contributed by atoms with van der Waals surface area (Å²) in [5.74, 6) is 0.547. The minimum absolute atomic E-state index is 0.211. The summed E-state index contributed by atoms with van der Waals surface area (Å²) in [5, 5.41) is 8.46. The molecule has 42 heavy (non-hydrogen) atoms. The van der Waals surface area contributed by atoms with Crippen molar-refractivity contribution in [3.8, 4) is 17.2 Å². The van der Waals surface area contributed by atoms with Crippen LogP contribution in [-0.4, -0.2) is 96.9 Å². The Hall–Kier alpha value is -3.61. The summed E-state index contributed by atoms with van der Waals surface area (Å²) in [6.07, 6.45) is 3.32. The number of carbonyl (C=O) groups excluding carboxylic acids is 2. The molecule has 2 aliphatic rings. The second-order valence-corrected chi connectivity index (χ2v) is 11.7. The maximum atomic E-state index is 13.3. The van der Waals surface area contributed by atoms with Gasteiger partial charge >= 0.3 is 6.09 Å². The van der Waals surface area contributed by atoms with Crippen LogP contribution in [0.3, 0.4) is 0 Å². The van der Waals surface area contributed by atoms with Crippen LogP contribution in [0.1, 0.15) is 44.1 Å². The highest BCUT2D eigenvalue weighted by Gasteiger charge is 2.31. The number of pyridine rings is 1. The Labute approximate surface area is 249 Å². The van der Waals surface area contributed by atoms with E-state index in [0.717, 1.165) is 32.5 Å². The highest BCUT2D eigenvalue weighted by Crippen LogP contribution is 2.41. The van der Waals surface area contributed by atoms with Crippen molar-refractivity contribution in [2.75, 3.05) is 58.5 Å². The van der Waals surface area contributed by atoms with E-state index in [0.29, 0.717) is 53.0 Å². The number of amides is 2. The van der Waals surface area contributed by atoms with E-state index < -0.39 is 11.7 Å². The number of hydrogen-bond acceptors (Lipinski definition) is 9. The molecule has 0 saturated carbocycles. The molecule has 1 aromatic carbocycles. The van der Waals surface area contributed by atoms with E-state index in [1.807, 2.05) is 20.8 Å².